The summed E-state index contributed by atoms with van der Waals surface area (Å²) in [6.07, 6.45) is 2.14. The normalized spacial score (nSPS) is 16.6. The second-order valence-electron chi connectivity index (χ2n) is 6.26. The van der Waals surface area contributed by atoms with Gasteiger partial charge in [-0.1, -0.05) is 0 Å². The fraction of sp³-hybridized carbons (Fsp3) is 0.562. The predicted octanol–water partition coefficient (Wildman–Crippen LogP) is 0.890. The third-order valence-corrected chi connectivity index (χ3v) is 5.80. The van der Waals surface area contributed by atoms with Gasteiger partial charge in [-0.2, -0.15) is 0 Å². The number of carbonyl (C=O) groups is 1. The molecule has 0 aromatic heterocycles. The summed E-state index contributed by atoms with van der Waals surface area (Å²) in [4.78, 5) is 12.5. The van der Waals surface area contributed by atoms with Crippen molar-refractivity contribution in [1.29, 1.82) is 0 Å². The largest absolute Gasteiger partial charge is 0.383 e. The van der Waals surface area contributed by atoms with Gasteiger partial charge in [-0.3, -0.25) is 4.79 Å². The molecule has 7 nitrogen and oxygen atoms in total. The molecule has 1 atom stereocenters. The van der Waals surface area contributed by atoms with Crippen LogP contribution in [0.5, 0.6) is 0 Å². The predicted molar refractivity (Wildman–Crippen MR) is 98.4 cm³/mol. The van der Waals surface area contributed by atoms with Gasteiger partial charge in [0.15, 0.2) is 0 Å². The van der Waals surface area contributed by atoms with Gasteiger partial charge in [0.05, 0.1) is 17.0 Å². The van der Waals surface area contributed by atoms with E-state index in [0.717, 1.165) is 12.8 Å². The van der Waals surface area contributed by atoms with Crippen molar-refractivity contribution in [2.75, 3.05) is 26.8 Å². The van der Waals surface area contributed by atoms with Crippen LogP contribution >= 0.6 is 12.4 Å². The van der Waals surface area contributed by atoms with Gasteiger partial charge >= 0.3 is 0 Å². The third kappa shape index (κ3) is 5.65. The quantitative estimate of drug-likeness (QED) is 0.541. The number of amides is 1. The minimum absolute atomic E-state index is 0. The average Bonchev–Trinajstić information content (AvgIpc) is 3.40. The maximum Gasteiger partial charge on any atom is 0.251 e. The average molecular weight is 392 g/mol. The Labute approximate surface area is 155 Å². The van der Waals surface area contributed by atoms with Crippen molar-refractivity contribution in [2.45, 2.75) is 30.2 Å². The molecule has 1 amide bonds. The molecule has 0 spiro atoms. The summed E-state index contributed by atoms with van der Waals surface area (Å²) >= 11 is 0. The highest BCUT2D eigenvalue weighted by molar-refractivity contribution is 7.89. The molecule has 142 valence electrons. The summed E-state index contributed by atoms with van der Waals surface area (Å²) < 4.78 is 31.4. The molecule has 1 aromatic rings. The molecular weight excluding hydrogens is 366 g/mol. The number of rotatable bonds is 9. The zero-order valence-electron chi connectivity index (χ0n) is 14.4. The SMILES string of the molecule is COCCNS(=O)(=O)c1ccc(C(=O)NC(C)(CN)C2CC2)cc1.Cl. The summed E-state index contributed by atoms with van der Waals surface area (Å²) in [7, 11) is -2.10. The van der Waals surface area contributed by atoms with Crippen LogP contribution in [0.1, 0.15) is 30.1 Å². The van der Waals surface area contributed by atoms with Crippen molar-refractivity contribution in [3.63, 3.8) is 0 Å². The van der Waals surface area contributed by atoms with Crippen LogP contribution in [0.3, 0.4) is 0 Å². The molecule has 0 saturated heterocycles. The Hall–Kier alpha value is -1.19. The number of nitrogens with two attached hydrogens (primary N) is 1. The minimum Gasteiger partial charge on any atom is -0.383 e. The topological polar surface area (TPSA) is 111 Å². The molecule has 1 aromatic carbocycles. The number of hydrogen-bond donors (Lipinski definition) is 3. The Morgan fingerprint density at radius 3 is 2.40 bits per heavy atom. The molecule has 1 saturated carbocycles. The molecule has 1 unspecified atom stereocenters. The molecule has 1 fully saturated rings. The highest BCUT2D eigenvalue weighted by Crippen LogP contribution is 2.39. The van der Waals surface area contributed by atoms with Crippen molar-refractivity contribution in [3.05, 3.63) is 29.8 Å². The van der Waals surface area contributed by atoms with E-state index in [2.05, 4.69) is 10.0 Å². The Kier molecular flexibility index (Phi) is 7.83. The maximum absolute atomic E-state index is 12.4. The van der Waals surface area contributed by atoms with Crippen LogP contribution in [0.4, 0.5) is 0 Å². The van der Waals surface area contributed by atoms with Crippen molar-refractivity contribution in [3.8, 4) is 0 Å². The van der Waals surface area contributed by atoms with E-state index in [0.29, 0.717) is 24.6 Å². The molecular formula is C16H26ClN3O4S. The molecule has 9 heteroatoms. The smallest absolute Gasteiger partial charge is 0.251 e. The highest BCUT2D eigenvalue weighted by Gasteiger charge is 2.41. The van der Waals surface area contributed by atoms with E-state index < -0.39 is 15.6 Å². The number of nitrogens with one attached hydrogen (secondary N) is 2. The Balaban J connectivity index is 0.00000312. The first-order valence-electron chi connectivity index (χ1n) is 7.93. The van der Waals surface area contributed by atoms with E-state index in [1.165, 1.54) is 31.4 Å². The van der Waals surface area contributed by atoms with Gasteiger partial charge in [0.2, 0.25) is 10.0 Å². The molecule has 2 rings (SSSR count). The lowest BCUT2D eigenvalue weighted by Gasteiger charge is -2.29. The highest BCUT2D eigenvalue weighted by atomic mass is 35.5. The summed E-state index contributed by atoms with van der Waals surface area (Å²) in [6, 6.07) is 5.84. The number of carbonyl (C=O) groups excluding carboxylic acids is 1. The van der Waals surface area contributed by atoms with Crippen LogP contribution in [0.15, 0.2) is 29.2 Å². The lowest BCUT2D eigenvalue weighted by Crippen LogP contribution is -2.53. The fourth-order valence-electron chi connectivity index (χ4n) is 2.52. The summed E-state index contributed by atoms with van der Waals surface area (Å²) in [5, 5.41) is 2.98. The van der Waals surface area contributed by atoms with Gasteiger partial charge in [-0.15, -0.1) is 12.4 Å². The van der Waals surface area contributed by atoms with Crippen molar-refractivity contribution in [1.82, 2.24) is 10.0 Å². The first kappa shape index (κ1) is 21.9. The van der Waals surface area contributed by atoms with E-state index in [9.17, 15) is 13.2 Å². The van der Waals surface area contributed by atoms with Crippen molar-refractivity contribution < 1.29 is 17.9 Å². The number of hydrogen-bond acceptors (Lipinski definition) is 5. The fourth-order valence-corrected chi connectivity index (χ4v) is 3.53. The van der Waals surface area contributed by atoms with Crippen LogP contribution in [-0.4, -0.2) is 46.7 Å². The van der Waals surface area contributed by atoms with Gasteiger partial charge in [0, 0.05) is 25.8 Å². The Morgan fingerprint density at radius 1 is 1.32 bits per heavy atom. The van der Waals surface area contributed by atoms with E-state index in [4.69, 9.17) is 10.5 Å². The number of sulfonamides is 1. The number of benzene rings is 1. The first-order chi connectivity index (χ1) is 11.3. The molecule has 0 heterocycles. The van der Waals surface area contributed by atoms with Crippen LogP contribution < -0.4 is 15.8 Å². The molecule has 0 radical (unpaired) electrons. The second-order valence-corrected chi connectivity index (χ2v) is 8.03. The van der Waals surface area contributed by atoms with E-state index in [-0.39, 0.29) is 29.8 Å². The standard InChI is InChI=1S/C16H25N3O4S.ClH/c1-16(11-17,13-5-6-13)19-15(20)12-3-7-14(8-4-12)24(21,22)18-9-10-23-2;/h3-4,7-8,13,18H,5-6,9-11,17H2,1-2H3,(H,19,20);1H. The van der Waals surface area contributed by atoms with Crippen LogP contribution in [0.2, 0.25) is 0 Å². The van der Waals surface area contributed by atoms with Crippen LogP contribution in [0, 0.1) is 5.92 Å². The van der Waals surface area contributed by atoms with E-state index in [1.807, 2.05) is 6.92 Å². The van der Waals surface area contributed by atoms with Gasteiger partial charge in [0.25, 0.3) is 5.91 Å². The Morgan fingerprint density at radius 2 is 1.92 bits per heavy atom. The van der Waals surface area contributed by atoms with Gasteiger partial charge in [0.1, 0.15) is 0 Å². The zero-order valence-corrected chi connectivity index (χ0v) is 16.1. The summed E-state index contributed by atoms with van der Waals surface area (Å²) in [5.74, 6) is 0.169. The lowest BCUT2D eigenvalue weighted by atomic mass is 9.95. The second kappa shape index (κ2) is 8.95. The van der Waals surface area contributed by atoms with Crippen LogP contribution in [0.25, 0.3) is 0 Å². The van der Waals surface area contributed by atoms with Gasteiger partial charge in [-0.05, 0) is 49.9 Å². The third-order valence-electron chi connectivity index (χ3n) is 4.33. The number of methoxy groups -OCH3 is 1. The summed E-state index contributed by atoms with van der Waals surface area (Å²) in [5.41, 5.74) is 5.80. The molecule has 1 aliphatic carbocycles. The van der Waals surface area contributed by atoms with Crippen molar-refractivity contribution >= 4 is 28.3 Å². The van der Waals surface area contributed by atoms with Crippen molar-refractivity contribution in [2.24, 2.45) is 11.7 Å². The first-order valence-corrected chi connectivity index (χ1v) is 9.42. The van der Waals surface area contributed by atoms with E-state index >= 15 is 0 Å². The molecule has 1 aliphatic rings. The number of halogens is 1. The number of ether oxygens (including phenoxy) is 1. The minimum atomic E-state index is -3.60. The monoisotopic (exact) mass is 391 g/mol. The molecule has 0 bridgehead atoms. The maximum atomic E-state index is 12.4. The summed E-state index contributed by atoms with van der Waals surface area (Å²) in [6.45, 7) is 2.80. The van der Waals surface area contributed by atoms with Gasteiger partial charge < -0.3 is 15.8 Å². The molecule has 4 N–H and O–H groups in total. The lowest BCUT2D eigenvalue weighted by molar-refractivity contribution is 0.0897. The van der Waals surface area contributed by atoms with Crippen LogP contribution in [-0.2, 0) is 14.8 Å². The Bertz CT molecular complexity index is 677. The van der Waals surface area contributed by atoms with Gasteiger partial charge in [-0.25, -0.2) is 13.1 Å². The van der Waals surface area contributed by atoms with E-state index in [1.54, 1.807) is 0 Å². The molecule has 25 heavy (non-hydrogen) atoms. The molecule has 0 aliphatic heterocycles. The zero-order chi connectivity index (χ0) is 17.8.